The molecule has 55 heavy (non-hydrogen) atoms. The van der Waals surface area contributed by atoms with E-state index in [2.05, 4.69) is 9.31 Å². The van der Waals surface area contributed by atoms with Crippen LogP contribution in [0.5, 0.6) is 5.75 Å². The maximum absolute atomic E-state index is 16.6. The number of halogens is 21. The van der Waals surface area contributed by atoms with E-state index in [-0.39, 0.29) is 12.1 Å². The monoisotopic (exact) mass is 816 g/mol. The molecule has 0 heterocycles. The summed E-state index contributed by atoms with van der Waals surface area (Å²) in [6.45, 7) is 0. The maximum Gasteiger partial charge on any atom is 0.569 e. The van der Waals surface area contributed by atoms with E-state index >= 15 is 30.7 Å². The van der Waals surface area contributed by atoms with Gasteiger partial charge in [-0.15, -0.1) is 0 Å². The van der Waals surface area contributed by atoms with Gasteiger partial charge in [-0.3, -0.25) is 0 Å². The summed E-state index contributed by atoms with van der Waals surface area (Å²) in [5.74, 6) is -69.0. The van der Waals surface area contributed by atoms with Gasteiger partial charge < -0.3 is 9.31 Å². The lowest BCUT2D eigenvalue weighted by Gasteiger charge is -2.28. The van der Waals surface area contributed by atoms with Crippen LogP contribution in [0.1, 0.15) is 11.1 Å². The Hall–Kier alpha value is -5.55. The Balaban J connectivity index is 1.78. The third-order valence-electron chi connectivity index (χ3n) is 7.92. The summed E-state index contributed by atoms with van der Waals surface area (Å²) in [6, 6.07) is -0.0469. The van der Waals surface area contributed by atoms with Gasteiger partial charge in [0.25, 0.3) is 5.85 Å². The van der Waals surface area contributed by atoms with Gasteiger partial charge in [0, 0.05) is 16.4 Å². The van der Waals surface area contributed by atoms with Gasteiger partial charge in [0.05, 0.1) is 22.1 Å². The van der Waals surface area contributed by atoms with E-state index in [4.69, 9.17) is 0 Å². The van der Waals surface area contributed by atoms with Crippen molar-refractivity contribution >= 4 is 29.2 Å². The average Bonchev–Trinajstić information content (AvgIpc) is 3.34. The second-order valence-corrected chi connectivity index (χ2v) is 10.8. The molecule has 1 aliphatic carbocycles. The van der Waals surface area contributed by atoms with Crippen molar-refractivity contribution in [2.45, 2.75) is 5.85 Å². The maximum atomic E-state index is 16.6. The molecule has 0 aliphatic heterocycles. The number of hydrogen-bond acceptors (Lipinski definition) is 2. The lowest BCUT2D eigenvalue weighted by atomic mass is 9.72. The summed E-state index contributed by atoms with van der Waals surface area (Å²) >= 11 is 0. The Morgan fingerprint density at radius 3 is 1.40 bits per heavy atom. The molecule has 0 bridgehead atoms. The fraction of sp³-hybridized carbons (Fsp3) is 0.0323. The molecule has 0 saturated heterocycles. The van der Waals surface area contributed by atoms with Crippen molar-refractivity contribution in [1.82, 2.24) is 0 Å². The van der Waals surface area contributed by atoms with Crippen molar-refractivity contribution in [2.24, 2.45) is 0 Å². The fourth-order valence-corrected chi connectivity index (χ4v) is 5.44. The lowest BCUT2D eigenvalue weighted by molar-refractivity contribution is -0.0620. The van der Waals surface area contributed by atoms with Gasteiger partial charge in [0.2, 0.25) is 17.5 Å². The van der Waals surface area contributed by atoms with Crippen LogP contribution in [0.3, 0.4) is 0 Å². The minimum atomic E-state index is -5.62. The van der Waals surface area contributed by atoms with Crippen LogP contribution >= 0.6 is 0 Å². The number of fused-ring (bicyclic) bond motifs is 2. The third-order valence-corrected chi connectivity index (χ3v) is 7.92. The molecule has 0 aromatic heterocycles. The fourth-order valence-electron chi connectivity index (χ4n) is 5.44. The van der Waals surface area contributed by atoms with Crippen molar-refractivity contribution < 1.29 is 102 Å². The molecule has 0 radical (unpaired) electrons. The van der Waals surface area contributed by atoms with E-state index in [0.29, 0.717) is 0 Å². The van der Waals surface area contributed by atoms with E-state index in [1.54, 1.807) is 0 Å². The van der Waals surface area contributed by atoms with E-state index in [9.17, 15) is 61.5 Å². The molecule has 24 heteroatoms. The van der Waals surface area contributed by atoms with Crippen LogP contribution in [-0.4, -0.2) is 7.12 Å². The molecular formula is C31H2BF21O2. The largest absolute Gasteiger partial charge is 0.569 e. The SMILES string of the molecule is FC1=C(F)C(F)(OB(Oc2c(F)c(F)c(F)c3c(F)c(F)ccc23)c2c(F)c(F)c(F)c(F)c2-c2c(F)c(F)c(F)c(F)c2F)c2c(F)c(F)c(F)c(F)c21. The number of rotatable bonds is 6. The van der Waals surface area contributed by atoms with Gasteiger partial charge in [-0.2, -0.15) is 8.78 Å². The summed E-state index contributed by atoms with van der Waals surface area (Å²) in [6.07, 6.45) is 0. The third kappa shape index (κ3) is 5.30. The van der Waals surface area contributed by atoms with Crippen LogP contribution in [0, 0.1) is 105 Å². The molecule has 0 amide bonds. The zero-order valence-corrected chi connectivity index (χ0v) is 25.0. The van der Waals surface area contributed by atoms with Crippen molar-refractivity contribution in [2.75, 3.05) is 0 Å². The normalized spacial score (nSPS) is 15.4. The summed E-state index contributed by atoms with van der Waals surface area (Å²) < 4.78 is 320. The minimum absolute atomic E-state index is 0.0162. The Morgan fingerprint density at radius 1 is 0.418 bits per heavy atom. The Bertz CT molecular complexity index is 2560. The standard InChI is InChI=1S/C31H2BF21O2/c33-4-2-1-3-5(11(4)34)12(35)24(47)28(51)29(3)54-32(55-31(53)9-8(17(40)30(31)52)16(39)23(46)25(48)18(9)41)10-6(13(36)20(43)26(49)19(10)42)7-14(37)21(44)27(50)22(45)15(7)38/h1-2H. The molecule has 0 saturated carbocycles. The Morgan fingerprint density at radius 2 is 0.855 bits per heavy atom. The van der Waals surface area contributed by atoms with Crippen molar-refractivity contribution in [3.8, 4) is 16.9 Å². The summed E-state index contributed by atoms with van der Waals surface area (Å²) in [5, 5.41) is -3.73. The first kappa shape index (κ1) is 39.2. The molecule has 5 aromatic rings. The van der Waals surface area contributed by atoms with E-state index in [0.717, 1.165) is 0 Å². The van der Waals surface area contributed by atoms with Gasteiger partial charge in [0.15, 0.2) is 98.9 Å². The van der Waals surface area contributed by atoms with E-state index in [1.807, 2.05) is 0 Å². The van der Waals surface area contributed by atoms with E-state index in [1.165, 1.54) is 0 Å². The van der Waals surface area contributed by atoms with Crippen molar-refractivity contribution in [1.29, 1.82) is 0 Å². The van der Waals surface area contributed by atoms with Crippen LogP contribution in [0.15, 0.2) is 18.0 Å². The van der Waals surface area contributed by atoms with Crippen LogP contribution in [0.2, 0.25) is 0 Å². The van der Waals surface area contributed by atoms with Gasteiger partial charge >= 0.3 is 7.12 Å². The molecule has 2 nitrogen and oxygen atoms in total. The molecule has 1 atom stereocenters. The highest BCUT2D eigenvalue weighted by Gasteiger charge is 2.58. The summed E-state index contributed by atoms with van der Waals surface area (Å²) in [4.78, 5) is 0. The predicted molar refractivity (Wildman–Crippen MR) is 141 cm³/mol. The van der Waals surface area contributed by atoms with Crippen molar-refractivity contribution in [3.63, 3.8) is 0 Å². The van der Waals surface area contributed by atoms with Gasteiger partial charge in [0.1, 0.15) is 5.75 Å². The molecule has 0 N–H and O–H groups in total. The first-order valence-corrected chi connectivity index (χ1v) is 13.8. The van der Waals surface area contributed by atoms with E-state index < -0.39 is 174 Å². The molecule has 0 spiro atoms. The highest BCUT2D eigenvalue weighted by Crippen LogP contribution is 2.53. The predicted octanol–water partition coefficient (Wildman–Crippen LogP) is 10.2. The zero-order chi connectivity index (χ0) is 41.1. The molecule has 5 aromatic carbocycles. The molecule has 1 unspecified atom stereocenters. The highest BCUT2D eigenvalue weighted by molar-refractivity contribution is 6.64. The first-order valence-electron chi connectivity index (χ1n) is 13.8. The van der Waals surface area contributed by atoms with Crippen LogP contribution < -0.4 is 10.1 Å². The molecule has 0 fully saturated rings. The number of benzene rings is 5. The Labute approximate surface area is 287 Å². The first-order chi connectivity index (χ1) is 25.5. The van der Waals surface area contributed by atoms with Crippen LogP contribution in [0.4, 0.5) is 92.2 Å². The van der Waals surface area contributed by atoms with Gasteiger partial charge in [-0.05, 0) is 12.1 Å². The van der Waals surface area contributed by atoms with Crippen LogP contribution in [-0.2, 0) is 10.5 Å². The molecule has 6 rings (SSSR count). The van der Waals surface area contributed by atoms with Crippen molar-refractivity contribution in [3.05, 3.63) is 134 Å². The minimum Gasteiger partial charge on any atom is -0.530 e. The zero-order valence-electron chi connectivity index (χ0n) is 25.0. The van der Waals surface area contributed by atoms with Gasteiger partial charge in [-0.1, -0.05) is 0 Å². The second-order valence-electron chi connectivity index (χ2n) is 10.8. The van der Waals surface area contributed by atoms with Gasteiger partial charge in [-0.25, -0.2) is 83.4 Å². The topological polar surface area (TPSA) is 18.5 Å². The van der Waals surface area contributed by atoms with Crippen LogP contribution in [0.25, 0.3) is 27.7 Å². The molecule has 288 valence electrons. The Kier molecular flexibility index (Phi) is 9.29. The number of hydrogen-bond donors (Lipinski definition) is 0. The summed E-state index contributed by atoms with van der Waals surface area (Å²) in [7, 11) is -4.45. The highest BCUT2D eigenvalue weighted by atomic mass is 19.2. The molecular weight excluding hydrogens is 814 g/mol. The smallest absolute Gasteiger partial charge is 0.530 e. The number of alkyl halides is 1. The lowest BCUT2D eigenvalue weighted by Crippen LogP contribution is -2.49. The average molecular weight is 816 g/mol. The molecule has 1 aliphatic rings. The summed E-state index contributed by atoms with van der Waals surface area (Å²) in [5.41, 5.74) is -14.2. The quantitative estimate of drug-likeness (QED) is 0.0736. The second kappa shape index (κ2) is 13.0.